The molecule has 0 aromatic heterocycles. The van der Waals surface area contributed by atoms with Crippen LogP contribution in [0.3, 0.4) is 0 Å². The summed E-state index contributed by atoms with van der Waals surface area (Å²) in [6.45, 7) is 1.10. The van der Waals surface area contributed by atoms with Crippen LogP contribution in [0.5, 0.6) is 5.75 Å². The van der Waals surface area contributed by atoms with Crippen molar-refractivity contribution in [3.05, 3.63) is 34.1 Å². The molecule has 86 valence electrons. The van der Waals surface area contributed by atoms with Crippen LogP contribution in [0.4, 0.5) is 10.1 Å². The molecule has 0 bridgehead atoms. The molecule has 1 unspecified atom stereocenters. The maximum Gasteiger partial charge on any atom is 0.305 e. The van der Waals surface area contributed by atoms with Crippen LogP contribution in [-0.4, -0.2) is 24.2 Å². The third-order valence-corrected chi connectivity index (χ3v) is 2.31. The fourth-order valence-corrected chi connectivity index (χ4v) is 1.51. The van der Waals surface area contributed by atoms with Crippen LogP contribution in [0.1, 0.15) is 6.42 Å². The molecule has 1 aliphatic heterocycles. The zero-order valence-corrected chi connectivity index (χ0v) is 8.39. The molecule has 1 aromatic rings. The van der Waals surface area contributed by atoms with E-state index in [0.717, 1.165) is 18.6 Å². The SMILES string of the molecule is O=[N+]([O-])c1ccc(OC2CCOC2)cc1F. The second-order valence-corrected chi connectivity index (χ2v) is 3.47. The van der Waals surface area contributed by atoms with E-state index >= 15 is 0 Å². The van der Waals surface area contributed by atoms with Gasteiger partial charge in [-0.1, -0.05) is 0 Å². The van der Waals surface area contributed by atoms with Crippen LogP contribution in [0.15, 0.2) is 18.2 Å². The van der Waals surface area contributed by atoms with Gasteiger partial charge in [-0.2, -0.15) is 4.39 Å². The quantitative estimate of drug-likeness (QED) is 0.584. The zero-order valence-electron chi connectivity index (χ0n) is 8.39. The molecular formula is C10H10FNO4. The molecule has 0 saturated carbocycles. The van der Waals surface area contributed by atoms with Crippen molar-refractivity contribution in [2.45, 2.75) is 12.5 Å². The predicted molar refractivity (Wildman–Crippen MR) is 52.9 cm³/mol. The average Bonchev–Trinajstić information content (AvgIpc) is 2.70. The second kappa shape index (κ2) is 4.44. The number of ether oxygens (including phenoxy) is 2. The van der Waals surface area contributed by atoms with E-state index < -0.39 is 16.4 Å². The molecule has 1 fully saturated rings. The molecule has 0 spiro atoms. The average molecular weight is 227 g/mol. The molecular weight excluding hydrogens is 217 g/mol. The van der Waals surface area contributed by atoms with Crippen LogP contribution in [0.2, 0.25) is 0 Å². The summed E-state index contributed by atoms with van der Waals surface area (Å²) < 4.78 is 23.7. The molecule has 1 saturated heterocycles. The van der Waals surface area contributed by atoms with Crippen molar-refractivity contribution in [2.75, 3.05) is 13.2 Å². The number of benzene rings is 1. The summed E-state index contributed by atoms with van der Waals surface area (Å²) in [7, 11) is 0. The van der Waals surface area contributed by atoms with Gasteiger partial charge in [-0.15, -0.1) is 0 Å². The highest BCUT2D eigenvalue weighted by Gasteiger charge is 2.19. The lowest BCUT2D eigenvalue weighted by Gasteiger charge is -2.11. The van der Waals surface area contributed by atoms with Gasteiger partial charge in [0.15, 0.2) is 0 Å². The smallest absolute Gasteiger partial charge is 0.305 e. The third kappa shape index (κ3) is 2.27. The highest BCUT2D eigenvalue weighted by atomic mass is 19.1. The summed E-state index contributed by atoms with van der Waals surface area (Å²) in [5, 5.41) is 10.4. The molecule has 16 heavy (non-hydrogen) atoms. The summed E-state index contributed by atoms with van der Waals surface area (Å²) in [6, 6.07) is 3.51. The number of nitro benzene ring substituents is 1. The van der Waals surface area contributed by atoms with E-state index in [2.05, 4.69) is 0 Å². The van der Waals surface area contributed by atoms with Crippen molar-refractivity contribution >= 4 is 5.69 Å². The Morgan fingerprint density at radius 1 is 1.56 bits per heavy atom. The van der Waals surface area contributed by atoms with Crippen molar-refractivity contribution in [3.63, 3.8) is 0 Å². The van der Waals surface area contributed by atoms with Gasteiger partial charge in [0.25, 0.3) is 0 Å². The normalized spacial score (nSPS) is 19.7. The Bertz CT molecular complexity index is 404. The largest absolute Gasteiger partial charge is 0.488 e. The van der Waals surface area contributed by atoms with E-state index in [1.807, 2.05) is 0 Å². The van der Waals surface area contributed by atoms with Crippen LogP contribution < -0.4 is 4.74 Å². The lowest BCUT2D eigenvalue weighted by molar-refractivity contribution is -0.387. The standard InChI is InChI=1S/C10H10FNO4/c11-9-5-7(1-2-10(9)12(13)14)16-8-3-4-15-6-8/h1-2,5,8H,3-4,6H2. The van der Waals surface area contributed by atoms with Gasteiger partial charge in [0, 0.05) is 18.6 Å². The molecule has 1 aromatic carbocycles. The van der Waals surface area contributed by atoms with Crippen molar-refractivity contribution in [2.24, 2.45) is 0 Å². The van der Waals surface area contributed by atoms with E-state index in [-0.39, 0.29) is 6.10 Å². The summed E-state index contributed by atoms with van der Waals surface area (Å²) >= 11 is 0. The first-order valence-corrected chi connectivity index (χ1v) is 4.85. The monoisotopic (exact) mass is 227 g/mol. The first kappa shape index (κ1) is 10.8. The van der Waals surface area contributed by atoms with E-state index in [0.29, 0.717) is 19.0 Å². The number of rotatable bonds is 3. The summed E-state index contributed by atoms with van der Waals surface area (Å²) in [4.78, 5) is 9.62. The van der Waals surface area contributed by atoms with E-state index in [9.17, 15) is 14.5 Å². The van der Waals surface area contributed by atoms with Crippen LogP contribution in [-0.2, 0) is 4.74 Å². The highest BCUT2D eigenvalue weighted by Crippen LogP contribution is 2.24. The second-order valence-electron chi connectivity index (χ2n) is 3.47. The summed E-state index contributed by atoms with van der Waals surface area (Å²) in [5.74, 6) is -0.597. The first-order valence-electron chi connectivity index (χ1n) is 4.85. The van der Waals surface area contributed by atoms with Crippen molar-refractivity contribution in [1.29, 1.82) is 0 Å². The van der Waals surface area contributed by atoms with Gasteiger partial charge in [0.1, 0.15) is 11.9 Å². The Kier molecular flexibility index (Phi) is 3.00. The highest BCUT2D eigenvalue weighted by molar-refractivity contribution is 5.38. The maximum absolute atomic E-state index is 13.2. The van der Waals surface area contributed by atoms with E-state index in [1.54, 1.807) is 0 Å². The fourth-order valence-electron chi connectivity index (χ4n) is 1.51. The van der Waals surface area contributed by atoms with Crippen LogP contribution >= 0.6 is 0 Å². The number of nitro groups is 1. The van der Waals surface area contributed by atoms with Crippen LogP contribution in [0, 0.1) is 15.9 Å². The molecule has 0 N–H and O–H groups in total. The Labute approximate surface area is 90.9 Å². The van der Waals surface area contributed by atoms with Gasteiger partial charge in [-0.3, -0.25) is 10.1 Å². The molecule has 5 nitrogen and oxygen atoms in total. The zero-order chi connectivity index (χ0) is 11.5. The van der Waals surface area contributed by atoms with Gasteiger partial charge in [0.05, 0.1) is 18.1 Å². The molecule has 2 rings (SSSR count). The Morgan fingerprint density at radius 2 is 2.38 bits per heavy atom. The van der Waals surface area contributed by atoms with Gasteiger partial charge in [0.2, 0.25) is 5.82 Å². The minimum Gasteiger partial charge on any atom is -0.488 e. The van der Waals surface area contributed by atoms with Crippen molar-refractivity contribution in [1.82, 2.24) is 0 Å². The van der Waals surface area contributed by atoms with Gasteiger partial charge in [-0.25, -0.2) is 0 Å². The Balaban J connectivity index is 2.11. The van der Waals surface area contributed by atoms with E-state index in [4.69, 9.17) is 9.47 Å². The lowest BCUT2D eigenvalue weighted by Crippen LogP contribution is -2.15. The molecule has 6 heteroatoms. The minimum atomic E-state index is -0.888. The van der Waals surface area contributed by atoms with E-state index in [1.165, 1.54) is 6.07 Å². The Morgan fingerprint density at radius 3 is 2.94 bits per heavy atom. The van der Waals surface area contributed by atoms with Gasteiger partial charge in [-0.05, 0) is 6.07 Å². The third-order valence-electron chi connectivity index (χ3n) is 2.31. The molecule has 1 atom stereocenters. The fraction of sp³-hybridized carbons (Fsp3) is 0.400. The lowest BCUT2D eigenvalue weighted by atomic mass is 10.2. The Hall–Kier alpha value is -1.69. The summed E-state index contributed by atoms with van der Waals surface area (Å²) in [6.07, 6.45) is 0.652. The topological polar surface area (TPSA) is 61.6 Å². The molecule has 1 heterocycles. The van der Waals surface area contributed by atoms with Gasteiger partial charge < -0.3 is 9.47 Å². The minimum absolute atomic E-state index is 0.0964. The van der Waals surface area contributed by atoms with Crippen LogP contribution in [0.25, 0.3) is 0 Å². The number of halogens is 1. The van der Waals surface area contributed by atoms with Crippen molar-refractivity contribution in [3.8, 4) is 5.75 Å². The molecule has 0 aliphatic carbocycles. The van der Waals surface area contributed by atoms with Crippen molar-refractivity contribution < 1.29 is 18.8 Å². The first-order chi connectivity index (χ1) is 7.66. The summed E-state index contributed by atoms with van der Waals surface area (Å²) in [5.41, 5.74) is -0.546. The molecule has 0 amide bonds. The number of hydrogen-bond donors (Lipinski definition) is 0. The predicted octanol–water partition coefficient (Wildman–Crippen LogP) is 1.90. The molecule has 1 aliphatic rings. The maximum atomic E-state index is 13.2. The molecule has 0 radical (unpaired) electrons. The number of hydrogen-bond acceptors (Lipinski definition) is 4. The van der Waals surface area contributed by atoms with Gasteiger partial charge >= 0.3 is 5.69 Å². The number of nitrogens with zero attached hydrogens (tertiary/aromatic N) is 1.